The van der Waals surface area contributed by atoms with Crippen molar-refractivity contribution < 1.29 is 9.21 Å². The summed E-state index contributed by atoms with van der Waals surface area (Å²) in [6.45, 7) is 11.5. The van der Waals surface area contributed by atoms with Gasteiger partial charge in [-0.25, -0.2) is 4.98 Å². The second kappa shape index (κ2) is 7.35. The van der Waals surface area contributed by atoms with Crippen molar-refractivity contribution in [2.24, 2.45) is 0 Å². The Bertz CT molecular complexity index is 1080. The van der Waals surface area contributed by atoms with Crippen molar-refractivity contribution in [3.63, 3.8) is 0 Å². The van der Waals surface area contributed by atoms with Crippen molar-refractivity contribution in [3.8, 4) is 0 Å². The molecule has 0 unspecified atom stereocenters. The minimum atomic E-state index is -0.390. The fourth-order valence-corrected chi connectivity index (χ4v) is 4.21. The number of furan rings is 1. The predicted molar refractivity (Wildman–Crippen MR) is 116 cm³/mol. The molecule has 2 aromatic heterocycles. The van der Waals surface area contributed by atoms with Gasteiger partial charge in [0.15, 0.2) is 5.76 Å². The molecule has 0 saturated heterocycles. The number of carbonyl (C=O) groups excluding carboxylic acids is 1. The van der Waals surface area contributed by atoms with Gasteiger partial charge < -0.3 is 4.42 Å². The van der Waals surface area contributed by atoms with Crippen molar-refractivity contribution in [2.75, 3.05) is 5.32 Å². The smallest absolute Gasteiger partial charge is 0.293 e. The zero-order valence-electron chi connectivity index (χ0n) is 18.2. The van der Waals surface area contributed by atoms with E-state index in [-0.39, 0.29) is 28.4 Å². The number of fused-ring (bicyclic) bond motifs is 1. The minimum absolute atomic E-state index is 0.149. The van der Waals surface area contributed by atoms with E-state index in [1.165, 1.54) is 47.5 Å². The Kier molecular flexibility index (Phi) is 4.96. The van der Waals surface area contributed by atoms with Gasteiger partial charge in [0, 0.05) is 6.42 Å². The van der Waals surface area contributed by atoms with Crippen LogP contribution in [0.3, 0.4) is 0 Å². The number of carbonyl (C=O) groups is 1. The summed E-state index contributed by atoms with van der Waals surface area (Å²) in [5, 5.41) is 10.1. The number of benzene rings is 1. The van der Waals surface area contributed by atoms with E-state index in [1.807, 2.05) is 6.07 Å². The number of nitrogens with zero attached hydrogens (tertiary/aromatic N) is 3. The average molecular weight is 405 g/mol. The molecule has 0 bridgehead atoms. The van der Waals surface area contributed by atoms with Crippen LogP contribution >= 0.6 is 0 Å². The predicted octanol–water partition coefficient (Wildman–Crippen LogP) is 4.97. The van der Waals surface area contributed by atoms with Gasteiger partial charge in [-0.05, 0) is 65.0 Å². The van der Waals surface area contributed by atoms with Crippen LogP contribution < -0.4 is 5.32 Å². The van der Waals surface area contributed by atoms with E-state index >= 15 is 0 Å². The summed E-state index contributed by atoms with van der Waals surface area (Å²) in [6, 6.07) is 8.23. The highest BCUT2D eigenvalue weighted by Gasteiger charge is 2.37. The normalized spacial score (nSPS) is 16.7. The van der Waals surface area contributed by atoms with E-state index in [9.17, 15) is 4.79 Å². The Balaban J connectivity index is 1.58. The zero-order valence-corrected chi connectivity index (χ0v) is 18.2. The molecule has 6 heteroatoms. The van der Waals surface area contributed by atoms with Gasteiger partial charge in [-0.1, -0.05) is 39.8 Å². The molecule has 0 aliphatic heterocycles. The topological polar surface area (TPSA) is 80.9 Å². The molecule has 1 amide bonds. The molecular formula is C24H28N4O2. The van der Waals surface area contributed by atoms with Gasteiger partial charge in [-0.2, -0.15) is 5.10 Å². The maximum Gasteiger partial charge on any atom is 0.293 e. The molecule has 4 rings (SSSR count). The van der Waals surface area contributed by atoms with Gasteiger partial charge in [0.1, 0.15) is 5.76 Å². The van der Waals surface area contributed by atoms with Gasteiger partial charge in [-0.15, -0.1) is 5.10 Å². The van der Waals surface area contributed by atoms with Crippen LogP contribution in [0.4, 0.5) is 5.95 Å². The lowest BCUT2D eigenvalue weighted by atomic mass is 9.62. The summed E-state index contributed by atoms with van der Waals surface area (Å²) in [6.07, 6.45) is 5.94. The molecule has 0 atom stereocenters. The van der Waals surface area contributed by atoms with Crippen molar-refractivity contribution in [1.29, 1.82) is 0 Å². The summed E-state index contributed by atoms with van der Waals surface area (Å²) in [5.74, 6) is 0.743. The first-order valence-electron chi connectivity index (χ1n) is 10.3. The van der Waals surface area contributed by atoms with E-state index in [0.717, 1.165) is 5.76 Å². The quantitative estimate of drug-likeness (QED) is 0.664. The van der Waals surface area contributed by atoms with Gasteiger partial charge in [0.2, 0.25) is 5.95 Å². The molecule has 1 aliphatic rings. The number of aryl methyl sites for hydroxylation is 1. The second-order valence-corrected chi connectivity index (χ2v) is 9.46. The Morgan fingerprint density at radius 1 is 1.07 bits per heavy atom. The zero-order chi connectivity index (χ0) is 21.5. The molecule has 0 radical (unpaired) electrons. The number of amides is 1. The van der Waals surface area contributed by atoms with Crippen LogP contribution in [-0.4, -0.2) is 21.1 Å². The summed E-state index contributed by atoms with van der Waals surface area (Å²) < 4.78 is 5.83. The van der Waals surface area contributed by atoms with Crippen LogP contribution in [0.2, 0.25) is 0 Å². The lowest BCUT2D eigenvalue weighted by Crippen LogP contribution is -2.34. The average Bonchev–Trinajstić information content (AvgIpc) is 3.16. The van der Waals surface area contributed by atoms with Crippen molar-refractivity contribution in [2.45, 2.75) is 64.7 Å². The van der Waals surface area contributed by atoms with Gasteiger partial charge in [0.05, 0.1) is 12.4 Å². The van der Waals surface area contributed by atoms with E-state index in [4.69, 9.17) is 4.42 Å². The van der Waals surface area contributed by atoms with Crippen LogP contribution in [0.25, 0.3) is 0 Å². The first-order chi connectivity index (χ1) is 14.2. The van der Waals surface area contributed by atoms with Crippen LogP contribution in [-0.2, 0) is 17.3 Å². The first kappa shape index (κ1) is 20.3. The summed E-state index contributed by atoms with van der Waals surface area (Å²) >= 11 is 0. The third kappa shape index (κ3) is 3.86. The highest BCUT2D eigenvalue weighted by Crippen LogP contribution is 2.46. The van der Waals surface area contributed by atoms with Crippen molar-refractivity contribution in [3.05, 3.63) is 70.4 Å². The second-order valence-electron chi connectivity index (χ2n) is 9.46. The molecule has 0 fully saturated rings. The molecular weight excluding hydrogens is 376 g/mol. The highest BCUT2D eigenvalue weighted by molar-refractivity contribution is 6.01. The van der Waals surface area contributed by atoms with E-state index in [1.54, 1.807) is 6.07 Å². The number of hydrogen-bond donors (Lipinski definition) is 1. The first-order valence-corrected chi connectivity index (χ1v) is 10.3. The molecule has 1 aliphatic carbocycles. The molecule has 2 heterocycles. The Hall–Kier alpha value is -3.02. The van der Waals surface area contributed by atoms with Crippen molar-refractivity contribution in [1.82, 2.24) is 15.2 Å². The largest absolute Gasteiger partial charge is 0.456 e. The molecule has 6 nitrogen and oxygen atoms in total. The van der Waals surface area contributed by atoms with Crippen LogP contribution in [0.5, 0.6) is 0 Å². The Labute approximate surface area is 177 Å². The summed E-state index contributed by atoms with van der Waals surface area (Å²) in [7, 11) is 0. The third-order valence-corrected chi connectivity index (χ3v) is 6.27. The fourth-order valence-electron chi connectivity index (χ4n) is 4.21. The minimum Gasteiger partial charge on any atom is -0.456 e. The summed E-state index contributed by atoms with van der Waals surface area (Å²) in [4.78, 5) is 16.3. The SMILES string of the molecule is Cc1cc2c(cc1Cc1ccc(C(=O)Nc3nccnn3)o1)C(C)(C)CCC2(C)C. The lowest BCUT2D eigenvalue weighted by Gasteiger charge is -2.42. The summed E-state index contributed by atoms with van der Waals surface area (Å²) in [5.41, 5.74) is 5.72. The third-order valence-electron chi connectivity index (χ3n) is 6.27. The lowest BCUT2D eigenvalue weighted by molar-refractivity contribution is 0.0994. The number of anilines is 1. The molecule has 1 N–H and O–H groups in total. The molecule has 0 spiro atoms. The van der Waals surface area contributed by atoms with Crippen LogP contribution in [0, 0.1) is 6.92 Å². The maximum absolute atomic E-state index is 12.4. The van der Waals surface area contributed by atoms with E-state index < -0.39 is 0 Å². The van der Waals surface area contributed by atoms with Gasteiger partial charge >= 0.3 is 0 Å². The molecule has 1 aromatic carbocycles. The van der Waals surface area contributed by atoms with E-state index in [0.29, 0.717) is 6.42 Å². The number of hydrogen-bond acceptors (Lipinski definition) is 5. The highest BCUT2D eigenvalue weighted by atomic mass is 16.3. The number of rotatable bonds is 4. The standard InChI is InChI=1S/C24H28N4O2/c1-15-12-18-19(24(4,5)9-8-23(18,2)3)14-16(15)13-17-6-7-20(30-17)21(29)27-22-25-10-11-26-28-22/h6-7,10-12,14H,8-9,13H2,1-5H3,(H,25,27,28,29). The van der Waals surface area contributed by atoms with E-state index in [2.05, 4.69) is 67.2 Å². The number of nitrogens with one attached hydrogen (secondary N) is 1. The molecule has 3 aromatic rings. The van der Waals surface area contributed by atoms with Crippen molar-refractivity contribution >= 4 is 11.9 Å². The Morgan fingerprint density at radius 2 is 1.77 bits per heavy atom. The van der Waals surface area contributed by atoms with Gasteiger partial charge in [0.25, 0.3) is 5.91 Å². The van der Waals surface area contributed by atoms with Gasteiger partial charge in [-0.3, -0.25) is 10.1 Å². The van der Waals surface area contributed by atoms with Crippen LogP contribution in [0.15, 0.2) is 41.1 Å². The molecule has 0 saturated carbocycles. The Morgan fingerprint density at radius 3 is 2.43 bits per heavy atom. The van der Waals surface area contributed by atoms with Crippen LogP contribution in [0.1, 0.15) is 79.1 Å². The fraction of sp³-hybridized carbons (Fsp3) is 0.417. The molecule has 156 valence electrons. The number of aromatic nitrogens is 3. The molecule has 30 heavy (non-hydrogen) atoms. The maximum atomic E-state index is 12.4. The monoisotopic (exact) mass is 404 g/mol.